The number of rotatable bonds is 2. The van der Waals surface area contributed by atoms with E-state index in [1.807, 2.05) is 0 Å². The summed E-state index contributed by atoms with van der Waals surface area (Å²) in [5.74, 6) is -0.0500. The predicted octanol–water partition coefficient (Wildman–Crippen LogP) is 2.66. The molecule has 0 spiro atoms. The number of thiazole rings is 1. The highest BCUT2D eigenvalue weighted by molar-refractivity contribution is 7.13. The molecule has 0 aliphatic carbocycles. The van der Waals surface area contributed by atoms with Gasteiger partial charge < -0.3 is 9.84 Å². The number of halogens is 1. The minimum atomic E-state index is -0.413. The van der Waals surface area contributed by atoms with Crippen molar-refractivity contribution in [1.82, 2.24) is 4.98 Å². The highest BCUT2D eigenvalue weighted by Crippen LogP contribution is 2.30. The van der Waals surface area contributed by atoms with Gasteiger partial charge in [-0.1, -0.05) is 0 Å². The Morgan fingerprint density at radius 2 is 2.27 bits per heavy atom. The molecule has 0 bridgehead atoms. The molecule has 78 valence electrons. The largest absolute Gasteiger partial charge is 0.497 e. The molecule has 0 radical (unpaired) electrons. The first-order valence-electron chi connectivity index (χ1n) is 4.19. The van der Waals surface area contributed by atoms with Crippen LogP contribution in [0.4, 0.5) is 4.39 Å². The van der Waals surface area contributed by atoms with Gasteiger partial charge in [0.2, 0.25) is 5.88 Å². The standard InChI is InChI=1S/C10H8FNO2S/c1-14-6-2-3-7(8(11)4-6)10-12-9(13)5-15-10/h2-5,13H,1H3. The van der Waals surface area contributed by atoms with Crippen LogP contribution in [0, 0.1) is 5.82 Å². The van der Waals surface area contributed by atoms with Crippen LogP contribution < -0.4 is 4.74 Å². The predicted molar refractivity (Wildman–Crippen MR) is 55.7 cm³/mol. The second kappa shape index (κ2) is 3.86. The van der Waals surface area contributed by atoms with Gasteiger partial charge in [0.15, 0.2) is 0 Å². The Morgan fingerprint density at radius 1 is 1.47 bits per heavy atom. The number of methoxy groups -OCH3 is 1. The second-order valence-corrected chi connectivity index (χ2v) is 3.71. The zero-order valence-electron chi connectivity index (χ0n) is 7.90. The Labute approximate surface area is 89.8 Å². The fourth-order valence-electron chi connectivity index (χ4n) is 1.19. The van der Waals surface area contributed by atoms with Crippen molar-refractivity contribution in [3.05, 3.63) is 29.4 Å². The summed E-state index contributed by atoms with van der Waals surface area (Å²) in [5.41, 5.74) is 0.362. The number of ether oxygens (including phenoxy) is 1. The number of hydrogen-bond acceptors (Lipinski definition) is 4. The van der Waals surface area contributed by atoms with Gasteiger partial charge in [-0.2, -0.15) is 0 Å². The van der Waals surface area contributed by atoms with Crippen molar-refractivity contribution in [2.75, 3.05) is 7.11 Å². The molecule has 0 saturated carbocycles. The Kier molecular flexibility index (Phi) is 2.55. The summed E-state index contributed by atoms with van der Waals surface area (Å²) in [6, 6.07) is 4.51. The van der Waals surface area contributed by atoms with Crippen molar-refractivity contribution in [2.24, 2.45) is 0 Å². The van der Waals surface area contributed by atoms with Crippen LogP contribution in [0.2, 0.25) is 0 Å². The van der Waals surface area contributed by atoms with Crippen LogP contribution in [-0.4, -0.2) is 17.2 Å². The average molecular weight is 225 g/mol. The van der Waals surface area contributed by atoms with Gasteiger partial charge in [-0.25, -0.2) is 9.37 Å². The molecule has 0 amide bonds. The lowest BCUT2D eigenvalue weighted by Gasteiger charge is -2.02. The number of aromatic nitrogens is 1. The lowest BCUT2D eigenvalue weighted by Crippen LogP contribution is -1.87. The highest BCUT2D eigenvalue weighted by atomic mass is 32.1. The molecule has 0 atom stereocenters. The van der Waals surface area contributed by atoms with E-state index in [1.54, 1.807) is 12.1 Å². The third-order valence-electron chi connectivity index (χ3n) is 1.90. The maximum atomic E-state index is 13.5. The molecule has 0 aliphatic rings. The van der Waals surface area contributed by atoms with E-state index in [4.69, 9.17) is 9.84 Å². The van der Waals surface area contributed by atoms with E-state index in [-0.39, 0.29) is 5.88 Å². The summed E-state index contributed by atoms with van der Waals surface area (Å²) >= 11 is 1.19. The second-order valence-electron chi connectivity index (χ2n) is 2.86. The van der Waals surface area contributed by atoms with Gasteiger partial charge >= 0.3 is 0 Å². The number of hydrogen-bond donors (Lipinski definition) is 1. The molecule has 0 unspecified atom stereocenters. The molecule has 1 N–H and O–H groups in total. The molecule has 1 aromatic carbocycles. The van der Waals surface area contributed by atoms with Gasteiger partial charge in [0, 0.05) is 11.6 Å². The van der Waals surface area contributed by atoms with Gasteiger partial charge in [0.1, 0.15) is 16.6 Å². The Balaban J connectivity index is 2.45. The summed E-state index contributed by atoms with van der Waals surface area (Å²) in [5, 5.41) is 11.0. The SMILES string of the molecule is COc1ccc(-c2nc(O)cs2)c(F)c1. The summed E-state index contributed by atoms with van der Waals surface area (Å²) in [6.45, 7) is 0. The number of aromatic hydroxyl groups is 1. The summed E-state index contributed by atoms with van der Waals surface area (Å²) < 4.78 is 18.4. The first kappa shape index (κ1) is 9.92. The van der Waals surface area contributed by atoms with Gasteiger partial charge in [-0.05, 0) is 12.1 Å². The molecule has 2 rings (SSSR count). The van der Waals surface area contributed by atoms with Crippen LogP contribution in [-0.2, 0) is 0 Å². The topological polar surface area (TPSA) is 42.4 Å². The molecule has 15 heavy (non-hydrogen) atoms. The van der Waals surface area contributed by atoms with Crippen LogP contribution in [0.1, 0.15) is 0 Å². The molecule has 3 nitrogen and oxygen atoms in total. The van der Waals surface area contributed by atoms with Crippen molar-refractivity contribution >= 4 is 11.3 Å². The fraction of sp³-hybridized carbons (Fsp3) is 0.100. The van der Waals surface area contributed by atoms with E-state index < -0.39 is 5.82 Å². The van der Waals surface area contributed by atoms with Gasteiger partial charge in [-0.3, -0.25) is 0 Å². The van der Waals surface area contributed by atoms with Crippen LogP contribution in [0.3, 0.4) is 0 Å². The summed E-state index contributed by atoms with van der Waals surface area (Å²) in [6.07, 6.45) is 0. The third-order valence-corrected chi connectivity index (χ3v) is 2.76. The Bertz CT molecular complexity index is 484. The molecule has 0 fully saturated rings. The first-order valence-corrected chi connectivity index (χ1v) is 5.07. The minimum Gasteiger partial charge on any atom is -0.497 e. The minimum absolute atomic E-state index is 0.0924. The zero-order chi connectivity index (χ0) is 10.8. The normalized spacial score (nSPS) is 10.3. The smallest absolute Gasteiger partial charge is 0.222 e. The average Bonchev–Trinajstić information content (AvgIpc) is 2.64. The number of nitrogens with zero attached hydrogens (tertiary/aromatic N) is 1. The maximum Gasteiger partial charge on any atom is 0.222 e. The van der Waals surface area contributed by atoms with Gasteiger partial charge in [0.05, 0.1) is 12.5 Å². The van der Waals surface area contributed by atoms with Gasteiger partial charge in [0.25, 0.3) is 0 Å². The van der Waals surface area contributed by atoms with E-state index in [9.17, 15) is 4.39 Å². The van der Waals surface area contributed by atoms with Crippen molar-refractivity contribution in [2.45, 2.75) is 0 Å². The summed E-state index contributed by atoms with van der Waals surface area (Å²) in [7, 11) is 1.48. The molecule has 0 aliphatic heterocycles. The van der Waals surface area contributed by atoms with E-state index in [0.29, 0.717) is 16.3 Å². The zero-order valence-corrected chi connectivity index (χ0v) is 8.71. The van der Waals surface area contributed by atoms with Crippen LogP contribution in [0.15, 0.2) is 23.6 Å². The third kappa shape index (κ3) is 1.92. The van der Waals surface area contributed by atoms with Crippen molar-refractivity contribution in [1.29, 1.82) is 0 Å². The van der Waals surface area contributed by atoms with Crippen molar-refractivity contribution in [3.63, 3.8) is 0 Å². The van der Waals surface area contributed by atoms with E-state index >= 15 is 0 Å². The molecule has 1 aromatic heterocycles. The van der Waals surface area contributed by atoms with Crippen LogP contribution in [0.5, 0.6) is 11.6 Å². The molecule has 0 saturated heterocycles. The number of benzene rings is 1. The Morgan fingerprint density at radius 3 is 2.80 bits per heavy atom. The molecule has 1 heterocycles. The van der Waals surface area contributed by atoms with E-state index in [2.05, 4.69) is 4.98 Å². The first-order chi connectivity index (χ1) is 7.20. The maximum absolute atomic E-state index is 13.5. The van der Waals surface area contributed by atoms with Crippen molar-refractivity contribution < 1.29 is 14.2 Å². The van der Waals surface area contributed by atoms with E-state index in [0.717, 1.165) is 0 Å². The molecule has 2 aromatic rings. The molecular formula is C10H8FNO2S. The van der Waals surface area contributed by atoms with Crippen LogP contribution >= 0.6 is 11.3 Å². The summed E-state index contributed by atoms with van der Waals surface area (Å²) in [4.78, 5) is 3.79. The Hall–Kier alpha value is -1.62. The molecule has 5 heteroatoms. The molecular weight excluding hydrogens is 217 g/mol. The highest BCUT2D eigenvalue weighted by Gasteiger charge is 2.10. The quantitative estimate of drug-likeness (QED) is 0.854. The van der Waals surface area contributed by atoms with Gasteiger partial charge in [-0.15, -0.1) is 11.3 Å². The fourth-order valence-corrected chi connectivity index (χ4v) is 1.89. The lowest BCUT2D eigenvalue weighted by molar-refractivity contribution is 0.411. The van der Waals surface area contributed by atoms with Crippen molar-refractivity contribution in [3.8, 4) is 22.2 Å². The van der Waals surface area contributed by atoms with E-state index in [1.165, 1.54) is 29.9 Å². The lowest BCUT2D eigenvalue weighted by atomic mass is 10.2. The monoisotopic (exact) mass is 225 g/mol. The van der Waals surface area contributed by atoms with Crippen LogP contribution in [0.25, 0.3) is 10.6 Å².